The zero-order valence-electron chi connectivity index (χ0n) is 13.8. The van der Waals surface area contributed by atoms with Gasteiger partial charge in [0.2, 0.25) is 10.0 Å². The fraction of sp³-hybridized carbons (Fsp3) is 0.200. The number of nitrogens with two attached hydrogens (primary N) is 1. The van der Waals surface area contributed by atoms with Gasteiger partial charge in [-0.05, 0) is 24.3 Å². The van der Waals surface area contributed by atoms with Crippen LogP contribution in [0.3, 0.4) is 0 Å². The smallest absolute Gasteiger partial charge is 0.404 e. The fourth-order valence-electron chi connectivity index (χ4n) is 1.91. The van der Waals surface area contributed by atoms with Gasteiger partial charge in [-0.1, -0.05) is 12.1 Å². The minimum absolute atomic E-state index is 0.00157. The highest BCUT2D eigenvalue weighted by molar-refractivity contribution is 7.89. The number of nitrogens with one attached hydrogen (secondary N) is 2. The molecule has 27 heavy (non-hydrogen) atoms. The van der Waals surface area contributed by atoms with Crippen molar-refractivity contribution in [3.63, 3.8) is 0 Å². The molecule has 1 aromatic heterocycles. The number of ether oxygens (including phenoxy) is 1. The third-order valence-electron chi connectivity index (χ3n) is 3.01. The van der Waals surface area contributed by atoms with Crippen LogP contribution in [0, 0.1) is 0 Å². The van der Waals surface area contributed by atoms with Gasteiger partial charge in [0.05, 0.1) is 12.2 Å². The number of hydrogen-bond acceptors (Lipinski definition) is 5. The van der Waals surface area contributed by atoms with Crippen LogP contribution in [-0.4, -0.2) is 38.8 Å². The van der Waals surface area contributed by atoms with Crippen LogP contribution in [0.15, 0.2) is 58.7 Å². The number of aliphatic imine (C=N–C) groups is 1. The molecule has 4 N–H and O–H groups in total. The van der Waals surface area contributed by atoms with Gasteiger partial charge in [0.25, 0.3) is 0 Å². The van der Waals surface area contributed by atoms with Crippen LogP contribution in [0.1, 0.15) is 0 Å². The lowest BCUT2D eigenvalue weighted by Gasteiger charge is -2.14. The Bertz CT molecular complexity index is 889. The number of anilines is 1. The molecule has 146 valence electrons. The van der Waals surface area contributed by atoms with Gasteiger partial charge >= 0.3 is 6.36 Å². The Kier molecular flexibility index (Phi) is 6.58. The molecule has 0 amide bonds. The molecule has 0 saturated carbocycles. The van der Waals surface area contributed by atoms with E-state index in [1.807, 2.05) is 0 Å². The van der Waals surface area contributed by atoms with E-state index in [1.165, 1.54) is 42.7 Å². The van der Waals surface area contributed by atoms with E-state index in [2.05, 4.69) is 24.8 Å². The molecule has 2 aromatic rings. The van der Waals surface area contributed by atoms with Crippen molar-refractivity contribution in [2.75, 3.05) is 18.4 Å². The first-order chi connectivity index (χ1) is 12.7. The quantitative estimate of drug-likeness (QED) is 0.368. The van der Waals surface area contributed by atoms with E-state index in [0.29, 0.717) is 0 Å². The average molecular weight is 403 g/mol. The number of aromatic nitrogens is 1. The first kappa shape index (κ1) is 20.5. The zero-order valence-corrected chi connectivity index (χ0v) is 14.6. The Morgan fingerprint density at radius 2 is 1.96 bits per heavy atom. The molecular weight excluding hydrogens is 387 g/mol. The minimum Gasteiger partial charge on any atom is -0.404 e. The number of guanidine groups is 1. The molecule has 0 spiro atoms. The van der Waals surface area contributed by atoms with Gasteiger partial charge in [-0.2, -0.15) is 0 Å². The second-order valence-corrected chi connectivity index (χ2v) is 6.79. The number of rotatable bonds is 7. The maximum Gasteiger partial charge on any atom is 0.573 e. The molecule has 0 radical (unpaired) electrons. The highest BCUT2D eigenvalue weighted by atomic mass is 32.2. The van der Waals surface area contributed by atoms with Gasteiger partial charge in [-0.25, -0.2) is 13.1 Å². The molecule has 0 saturated heterocycles. The standard InChI is InChI=1S/C15H16F3N5O3S/c16-15(17,18)26-13-6-2-1-5-12(13)23-14(19)21-8-9-22-27(24,25)11-4-3-7-20-10-11/h1-7,10,22H,8-9H2,(H3,19,21,23). The Labute approximate surface area is 153 Å². The summed E-state index contributed by atoms with van der Waals surface area (Å²) in [6.07, 6.45) is -2.22. The maximum atomic E-state index is 12.4. The van der Waals surface area contributed by atoms with Gasteiger partial charge in [0, 0.05) is 18.9 Å². The lowest BCUT2D eigenvalue weighted by Crippen LogP contribution is -2.29. The summed E-state index contributed by atoms with van der Waals surface area (Å²) in [4.78, 5) is 7.58. The molecule has 1 heterocycles. The largest absolute Gasteiger partial charge is 0.573 e. The van der Waals surface area contributed by atoms with Gasteiger partial charge in [0.1, 0.15) is 4.90 Å². The predicted octanol–water partition coefficient (Wildman–Crippen LogP) is 1.69. The predicted molar refractivity (Wildman–Crippen MR) is 92.7 cm³/mol. The second kappa shape index (κ2) is 8.68. The SMILES string of the molecule is NC(=NCCNS(=O)(=O)c1cccnc1)Nc1ccccc1OC(F)(F)F. The molecule has 0 aliphatic heterocycles. The summed E-state index contributed by atoms with van der Waals surface area (Å²) in [6, 6.07) is 8.16. The minimum atomic E-state index is -4.85. The molecule has 12 heteroatoms. The molecule has 0 bridgehead atoms. The molecule has 8 nitrogen and oxygen atoms in total. The van der Waals surface area contributed by atoms with Crippen molar-refractivity contribution in [2.24, 2.45) is 10.7 Å². The van der Waals surface area contributed by atoms with E-state index in [9.17, 15) is 21.6 Å². The fourth-order valence-corrected chi connectivity index (χ4v) is 2.89. The summed E-state index contributed by atoms with van der Waals surface area (Å²) in [5.74, 6) is -0.672. The van der Waals surface area contributed by atoms with Crippen molar-refractivity contribution >= 4 is 21.7 Å². The van der Waals surface area contributed by atoms with Crippen LogP contribution in [0.25, 0.3) is 0 Å². The monoisotopic (exact) mass is 403 g/mol. The van der Waals surface area contributed by atoms with E-state index in [-0.39, 0.29) is 29.6 Å². The Morgan fingerprint density at radius 3 is 2.63 bits per heavy atom. The number of nitrogens with zero attached hydrogens (tertiary/aromatic N) is 2. The number of pyridine rings is 1. The molecule has 1 aromatic carbocycles. The van der Waals surface area contributed by atoms with E-state index < -0.39 is 22.1 Å². The number of para-hydroxylation sites is 2. The molecule has 0 fully saturated rings. The Hall–Kier alpha value is -2.86. The van der Waals surface area contributed by atoms with Crippen molar-refractivity contribution in [1.29, 1.82) is 0 Å². The van der Waals surface area contributed by atoms with Crippen molar-refractivity contribution in [3.8, 4) is 5.75 Å². The van der Waals surface area contributed by atoms with E-state index in [4.69, 9.17) is 5.73 Å². The third-order valence-corrected chi connectivity index (χ3v) is 4.45. The second-order valence-electron chi connectivity index (χ2n) is 5.02. The van der Waals surface area contributed by atoms with Gasteiger partial charge in [-0.3, -0.25) is 9.98 Å². The first-order valence-electron chi connectivity index (χ1n) is 7.49. The summed E-state index contributed by atoms with van der Waals surface area (Å²) < 4.78 is 67.3. The van der Waals surface area contributed by atoms with Crippen molar-refractivity contribution in [1.82, 2.24) is 9.71 Å². The van der Waals surface area contributed by atoms with Crippen LogP contribution in [-0.2, 0) is 10.0 Å². The van der Waals surface area contributed by atoms with Crippen molar-refractivity contribution < 1.29 is 26.3 Å². The number of sulfonamides is 1. The number of hydrogen-bond donors (Lipinski definition) is 3. The lowest BCUT2D eigenvalue weighted by molar-refractivity contribution is -0.274. The normalized spacial score (nSPS) is 12.6. The Morgan fingerprint density at radius 1 is 1.22 bits per heavy atom. The summed E-state index contributed by atoms with van der Waals surface area (Å²) in [5, 5.41) is 2.48. The van der Waals surface area contributed by atoms with E-state index >= 15 is 0 Å². The van der Waals surface area contributed by atoms with Crippen molar-refractivity contribution in [3.05, 3.63) is 48.8 Å². The lowest BCUT2D eigenvalue weighted by atomic mass is 10.3. The summed E-state index contributed by atoms with van der Waals surface area (Å²) in [5.41, 5.74) is 5.58. The molecule has 0 aliphatic carbocycles. The van der Waals surface area contributed by atoms with Crippen LogP contribution in [0.4, 0.5) is 18.9 Å². The van der Waals surface area contributed by atoms with Gasteiger partial charge in [0.15, 0.2) is 11.7 Å². The zero-order chi connectivity index (χ0) is 19.9. The topological polar surface area (TPSA) is 119 Å². The Balaban J connectivity index is 1.92. The molecule has 0 unspecified atom stereocenters. The van der Waals surface area contributed by atoms with Crippen LogP contribution < -0.4 is 20.5 Å². The first-order valence-corrected chi connectivity index (χ1v) is 8.97. The third kappa shape index (κ3) is 6.75. The summed E-state index contributed by atoms with van der Waals surface area (Å²) in [7, 11) is -3.73. The summed E-state index contributed by atoms with van der Waals surface area (Å²) in [6.45, 7) is -0.110. The van der Waals surface area contributed by atoms with Crippen LogP contribution >= 0.6 is 0 Å². The van der Waals surface area contributed by atoms with E-state index in [0.717, 1.165) is 6.07 Å². The molecule has 2 rings (SSSR count). The van der Waals surface area contributed by atoms with E-state index in [1.54, 1.807) is 0 Å². The van der Waals surface area contributed by atoms with Crippen molar-refractivity contribution in [2.45, 2.75) is 11.3 Å². The molecule has 0 atom stereocenters. The van der Waals surface area contributed by atoms with Crippen LogP contribution in [0.2, 0.25) is 0 Å². The highest BCUT2D eigenvalue weighted by Gasteiger charge is 2.32. The highest BCUT2D eigenvalue weighted by Crippen LogP contribution is 2.29. The summed E-state index contributed by atoms with van der Waals surface area (Å²) >= 11 is 0. The molecular formula is C15H16F3N5O3S. The van der Waals surface area contributed by atoms with Gasteiger partial charge in [-0.15, -0.1) is 13.2 Å². The number of benzene rings is 1. The average Bonchev–Trinajstić information content (AvgIpc) is 2.60. The van der Waals surface area contributed by atoms with Gasteiger partial charge < -0.3 is 15.8 Å². The number of halogens is 3. The van der Waals surface area contributed by atoms with Crippen LogP contribution in [0.5, 0.6) is 5.75 Å². The maximum absolute atomic E-state index is 12.4. The number of alkyl halides is 3. The molecule has 0 aliphatic rings.